The van der Waals surface area contributed by atoms with Crippen molar-refractivity contribution >= 4 is 17.4 Å². The van der Waals surface area contributed by atoms with Crippen molar-refractivity contribution < 1.29 is 17.7 Å². The maximum Gasteiger partial charge on any atom is 0.433 e. The van der Waals surface area contributed by atoms with Gasteiger partial charge in [0.2, 0.25) is 11.7 Å². The van der Waals surface area contributed by atoms with Crippen molar-refractivity contribution in [3.8, 4) is 22.8 Å². The molecule has 0 radical (unpaired) electrons. The van der Waals surface area contributed by atoms with Crippen LogP contribution < -0.4 is 5.32 Å². The minimum Gasteiger partial charge on any atom is -0.369 e. The van der Waals surface area contributed by atoms with Gasteiger partial charge in [0.1, 0.15) is 5.82 Å². The maximum absolute atomic E-state index is 13.3. The summed E-state index contributed by atoms with van der Waals surface area (Å²) >= 11 is 5.86. The Bertz CT molecular complexity index is 1170. The first-order valence-electron chi connectivity index (χ1n) is 9.07. The van der Waals surface area contributed by atoms with E-state index >= 15 is 0 Å². The number of alkyl halides is 3. The molecule has 158 valence electrons. The van der Waals surface area contributed by atoms with Crippen molar-refractivity contribution in [2.24, 2.45) is 0 Å². The van der Waals surface area contributed by atoms with E-state index < -0.39 is 11.9 Å². The second-order valence-corrected chi connectivity index (χ2v) is 6.83. The van der Waals surface area contributed by atoms with Gasteiger partial charge in [-0.1, -0.05) is 16.8 Å². The molecule has 0 aliphatic carbocycles. The van der Waals surface area contributed by atoms with Gasteiger partial charge >= 0.3 is 6.18 Å². The van der Waals surface area contributed by atoms with Crippen LogP contribution in [0.3, 0.4) is 0 Å². The van der Waals surface area contributed by atoms with Gasteiger partial charge in [0, 0.05) is 47.6 Å². The predicted molar refractivity (Wildman–Crippen MR) is 107 cm³/mol. The molecule has 0 aliphatic heterocycles. The Morgan fingerprint density at radius 1 is 0.903 bits per heavy atom. The Kier molecular flexibility index (Phi) is 5.81. The molecule has 0 atom stereocenters. The van der Waals surface area contributed by atoms with Crippen LogP contribution in [0.15, 0.2) is 59.4 Å². The Morgan fingerprint density at radius 2 is 1.61 bits per heavy atom. The summed E-state index contributed by atoms with van der Waals surface area (Å²) in [5, 5.41) is 7.35. The molecule has 3 aromatic heterocycles. The van der Waals surface area contributed by atoms with E-state index in [1.807, 2.05) is 0 Å². The van der Waals surface area contributed by atoms with Gasteiger partial charge in [-0.3, -0.25) is 4.98 Å². The second-order valence-electron chi connectivity index (χ2n) is 6.39. The highest BCUT2D eigenvalue weighted by molar-refractivity contribution is 6.30. The fourth-order valence-corrected chi connectivity index (χ4v) is 2.81. The third-order valence-electron chi connectivity index (χ3n) is 4.17. The van der Waals surface area contributed by atoms with Crippen molar-refractivity contribution in [2.75, 3.05) is 11.9 Å². The summed E-state index contributed by atoms with van der Waals surface area (Å²) in [6.07, 6.45) is -1.41. The lowest BCUT2D eigenvalue weighted by Crippen LogP contribution is -2.13. The number of hydrogen-bond acceptors (Lipinski definition) is 7. The number of aromatic nitrogens is 5. The van der Waals surface area contributed by atoms with Gasteiger partial charge in [0.25, 0.3) is 0 Å². The van der Waals surface area contributed by atoms with E-state index in [-0.39, 0.29) is 24.6 Å². The number of nitrogens with one attached hydrogen (secondary N) is 1. The molecule has 1 aromatic carbocycles. The molecule has 4 aromatic rings. The van der Waals surface area contributed by atoms with Crippen LogP contribution >= 0.6 is 11.6 Å². The summed E-state index contributed by atoms with van der Waals surface area (Å²) in [5.41, 5.74) is 0.119. The van der Waals surface area contributed by atoms with Crippen molar-refractivity contribution in [1.82, 2.24) is 25.1 Å². The van der Waals surface area contributed by atoms with E-state index in [0.29, 0.717) is 22.3 Å². The minimum atomic E-state index is -4.61. The van der Waals surface area contributed by atoms with Crippen LogP contribution in [0.1, 0.15) is 11.6 Å². The average Bonchev–Trinajstić information content (AvgIpc) is 3.23. The van der Waals surface area contributed by atoms with Crippen LogP contribution in [0.2, 0.25) is 5.02 Å². The first-order valence-corrected chi connectivity index (χ1v) is 9.45. The monoisotopic (exact) mass is 446 g/mol. The highest BCUT2D eigenvalue weighted by Gasteiger charge is 2.33. The van der Waals surface area contributed by atoms with Crippen molar-refractivity contribution in [3.05, 3.63) is 71.5 Å². The molecule has 0 aliphatic rings. The molecule has 0 spiro atoms. The molecule has 0 saturated carbocycles. The smallest absolute Gasteiger partial charge is 0.369 e. The fourth-order valence-electron chi connectivity index (χ4n) is 2.68. The van der Waals surface area contributed by atoms with Crippen molar-refractivity contribution in [3.63, 3.8) is 0 Å². The number of benzene rings is 1. The Balaban J connectivity index is 1.48. The van der Waals surface area contributed by atoms with Crippen LogP contribution in [0, 0.1) is 0 Å². The van der Waals surface area contributed by atoms with Gasteiger partial charge in [0.15, 0.2) is 11.5 Å². The number of halogens is 4. The summed E-state index contributed by atoms with van der Waals surface area (Å²) in [4.78, 5) is 15.9. The lowest BCUT2D eigenvalue weighted by molar-refractivity contribution is -0.141. The topological polar surface area (TPSA) is 89.6 Å². The molecule has 4 rings (SSSR count). The third kappa shape index (κ3) is 5.15. The molecule has 0 bridgehead atoms. The van der Waals surface area contributed by atoms with Gasteiger partial charge < -0.3 is 9.84 Å². The van der Waals surface area contributed by atoms with E-state index in [2.05, 4.69) is 30.4 Å². The number of pyridine rings is 1. The fraction of sp³-hybridized carbons (Fsp3) is 0.150. The summed E-state index contributed by atoms with van der Waals surface area (Å²) in [6.45, 7) is 0.229. The highest BCUT2D eigenvalue weighted by Crippen LogP contribution is 2.30. The first kappa shape index (κ1) is 20.7. The Morgan fingerprint density at radius 3 is 2.32 bits per heavy atom. The lowest BCUT2D eigenvalue weighted by Gasteiger charge is -2.11. The SMILES string of the molecule is FC(F)(F)c1cc(NCCc2nc(-c3ccc(Cl)cc3)no2)nc(-c2ccncc2)n1. The number of rotatable bonds is 6. The van der Waals surface area contributed by atoms with Gasteiger partial charge in [-0.2, -0.15) is 18.2 Å². The largest absolute Gasteiger partial charge is 0.433 e. The summed E-state index contributed by atoms with van der Waals surface area (Å²) in [7, 11) is 0. The van der Waals surface area contributed by atoms with Crippen LogP contribution in [-0.2, 0) is 12.6 Å². The van der Waals surface area contributed by atoms with Crippen LogP contribution in [0.4, 0.5) is 19.0 Å². The number of hydrogen-bond donors (Lipinski definition) is 1. The van der Waals surface area contributed by atoms with Gasteiger partial charge in [-0.25, -0.2) is 9.97 Å². The van der Waals surface area contributed by atoms with Gasteiger partial charge in [0.05, 0.1) is 0 Å². The first-order chi connectivity index (χ1) is 14.9. The molecule has 11 heteroatoms. The van der Waals surface area contributed by atoms with Gasteiger partial charge in [-0.05, 0) is 36.4 Å². The zero-order valence-electron chi connectivity index (χ0n) is 15.8. The summed E-state index contributed by atoms with van der Waals surface area (Å²) < 4.78 is 45.0. The molecule has 0 saturated heterocycles. The zero-order valence-corrected chi connectivity index (χ0v) is 16.5. The molecule has 3 heterocycles. The van der Waals surface area contributed by atoms with Crippen LogP contribution in [0.5, 0.6) is 0 Å². The molecule has 0 unspecified atom stereocenters. The predicted octanol–water partition coefficient (Wildman–Crippen LogP) is 4.92. The van der Waals surface area contributed by atoms with Crippen molar-refractivity contribution in [1.29, 1.82) is 0 Å². The van der Waals surface area contributed by atoms with Crippen molar-refractivity contribution in [2.45, 2.75) is 12.6 Å². The maximum atomic E-state index is 13.3. The average molecular weight is 447 g/mol. The Hall–Kier alpha value is -3.53. The number of anilines is 1. The van der Waals surface area contributed by atoms with E-state index in [9.17, 15) is 13.2 Å². The summed E-state index contributed by atoms with van der Waals surface area (Å²) in [5.74, 6) is 0.707. The molecular formula is C20H14ClF3N6O. The Labute approximate surface area is 179 Å². The number of nitrogens with zero attached hydrogens (tertiary/aromatic N) is 5. The van der Waals surface area contributed by atoms with Crippen LogP contribution in [-0.4, -0.2) is 31.6 Å². The molecule has 7 nitrogen and oxygen atoms in total. The van der Waals surface area contributed by atoms with Gasteiger partial charge in [-0.15, -0.1) is 0 Å². The zero-order chi connectivity index (χ0) is 21.8. The van der Waals surface area contributed by atoms with E-state index in [1.165, 1.54) is 24.5 Å². The lowest BCUT2D eigenvalue weighted by atomic mass is 10.2. The minimum absolute atomic E-state index is 0.0339. The molecule has 1 N–H and O–H groups in total. The molecule has 31 heavy (non-hydrogen) atoms. The van der Waals surface area contributed by atoms with Crippen LogP contribution in [0.25, 0.3) is 22.8 Å². The second kappa shape index (κ2) is 8.68. The molecule has 0 fully saturated rings. The third-order valence-corrected chi connectivity index (χ3v) is 4.42. The standard InChI is InChI=1S/C20H14ClF3N6O/c21-14-3-1-12(2-4-14)19-29-17(31-30-19)7-10-26-16-11-15(20(22,23)24)27-18(28-16)13-5-8-25-9-6-13/h1-6,8-9,11H,7,10H2,(H,26,27,28). The van der Waals surface area contributed by atoms with E-state index in [1.54, 1.807) is 24.3 Å². The molecule has 0 amide bonds. The normalized spacial score (nSPS) is 11.5. The highest BCUT2D eigenvalue weighted by atomic mass is 35.5. The van der Waals surface area contributed by atoms with E-state index in [0.717, 1.165) is 11.6 Å². The van der Waals surface area contributed by atoms with E-state index in [4.69, 9.17) is 16.1 Å². The molecular weight excluding hydrogens is 433 g/mol. The summed E-state index contributed by atoms with van der Waals surface area (Å²) in [6, 6.07) is 10.9. The quantitative estimate of drug-likeness (QED) is 0.449.